The van der Waals surface area contributed by atoms with Crippen molar-refractivity contribution in [3.8, 4) is 0 Å². The molecule has 0 aromatic carbocycles. The Balaban J connectivity index is 1.85. The SMILES string of the molecule is Nc1cnc(N2CCNCC2)nc1C1CC1. The van der Waals surface area contributed by atoms with Crippen molar-refractivity contribution in [3.05, 3.63) is 11.9 Å². The summed E-state index contributed by atoms with van der Waals surface area (Å²) in [6.07, 6.45) is 4.21. The van der Waals surface area contributed by atoms with Gasteiger partial charge in [0.25, 0.3) is 0 Å². The molecule has 3 rings (SSSR count). The maximum atomic E-state index is 5.90. The van der Waals surface area contributed by atoms with Crippen molar-refractivity contribution in [1.29, 1.82) is 0 Å². The smallest absolute Gasteiger partial charge is 0.225 e. The van der Waals surface area contributed by atoms with Crippen molar-refractivity contribution < 1.29 is 0 Å². The number of hydrogen-bond acceptors (Lipinski definition) is 5. The minimum atomic E-state index is 0.588. The minimum absolute atomic E-state index is 0.588. The molecule has 0 atom stereocenters. The first-order valence-electron chi connectivity index (χ1n) is 5.92. The van der Waals surface area contributed by atoms with E-state index in [1.807, 2.05) is 0 Å². The Hall–Kier alpha value is -1.36. The molecular formula is C11H17N5. The van der Waals surface area contributed by atoms with E-state index in [2.05, 4.69) is 20.2 Å². The van der Waals surface area contributed by atoms with E-state index in [-0.39, 0.29) is 0 Å². The standard InChI is InChI=1S/C11H17N5/c12-9-7-14-11(15-10(9)8-1-2-8)16-5-3-13-4-6-16/h7-8,13H,1-6,12H2. The molecule has 0 spiro atoms. The summed E-state index contributed by atoms with van der Waals surface area (Å²) in [4.78, 5) is 11.2. The van der Waals surface area contributed by atoms with Crippen LogP contribution in [0.2, 0.25) is 0 Å². The molecule has 0 amide bonds. The number of aromatic nitrogens is 2. The zero-order chi connectivity index (χ0) is 11.0. The maximum absolute atomic E-state index is 5.90. The van der Waals surface area contributed by atoms with Crippen LogP contribution in [0, 0.1) is 0 Å². The Bertz CT molecular complexity index is 382. The molecule has 1 aromatic heterocycles. The first kappa shape index (κ1) is 9.84. The summed E-state index contributed by atoms with van der Waals surface area (Å²) >= 11 is 0. The molecule has 2 heterocycles. The molecule has 0 unspecified atom stereocenters. The molecule has 0 bridgehead atoms. The number of anilines is 2. The summed E-state index contributed by atoms with van der Waals surface area (Å²) in [5, 5.41) is 3.32. The summed E-state index contributed by atoms with van der Waals surface area (Å²) in [6.45, 7) is 3.97. The van der Waals surface area contributed by atoms with Crippen molar-refractivity contribution in [2.45, 2.75) is 18.8 Å². The van der Waals surface area contributed by atoms with E-state index in [0.717, 1.165) is 43.5 Å². The minimum Gasteiger partial charge on any atom is -0.396 e. The first-order valence-corrected chi connectivity index (χ1v) is 5.92. The molecule has 86 valence electrons. The quantitative estimate of drug-likeness (QED) is 0.751. The van der Waals surface area contributed by atoms with E-state index in [4.69, 9.17) is 5.73 Å². The predicted octanol–water partition coefficient (Wildman–Crippen LogP) is 0.346. The highest BCUT2D eigenvalue weighted by atomic mass is 15.3. The Labute approximate surface area is 95.1 Å². The van der Waals surface area contributed by atoms with Gasteiger partial charge in [0.05, 0.1) is 17.6 Å². The molecule has 2 aliphatic rings. The summed E-state index contributed by atoms with van der Waals surface area (Å²) in [5.41, 5.74) is 7.71. The van der Waals surface area contributed by atoms with Gasteiger partial charge in [-0.15, -0.1) is 0 Å². The lowest BCUT2D eigenvalue weighted by atomic mass is 10.2. The Morgan fingerprint density at radius 2 is 2.06 bits per heavy atom. The van der Waals surface area contributed by atoms with Gasteiger partial charge in [-0.3, -0.25) is 0 Å². The van der Waals surface area contributed by atoms with Crippen LogP contribution >= 0.6 is 0 Å². The molecule has 1 aliphatic heterocycles. The van der Waals surface area contributed by atoms with Crippen LogP contribution in [0.15, 0.2) is 6.20 Å². The summed E-state index contributed by atoms with van der Waals surface area (Å²) in [6, 6.07) is 0. The number of nitrogen functional groups attached to an aromatic ring is 1. The Morgan fingerprint density at radius 1 is 1.31 bits per heavy atom. The second kappa shape index (κ2) is 3.90. The summed E-state index contributed by atoms with van der Waals surface area (Å²) in [7, 11) is 0. The van der Waals surface area contributed by atoms with Crippen molar-refractivity contribution in [2.75, 3.05) is 36.8 Å². The van der Waals surface area contributed by atoms with E-state index in [9.17, 15) is 0 Å². The van der Waals surface area contributed by atoms with Crippen LogP contribution in [0.1, 0.15) is 24.5 Å². The number of rotatable bonds is 2. The van der Waals surface area contributed by atoms with E-state index < -0.39 is 0 Å². The summed E-state index contributed by atoms with van der Waals surface area (Å²) in [5.74, 6) is 1.43. The molecule has 1 aromatic rings. The maximum Gasteiger partial charge on any atom is 0.225 e. The van der Waals surface area contributed by atoms with Crippen molar-refractivity contribution in [1.82, 2.24) is 15.3 Å². The molecule has 0 radical (unpaired) electrons. The largest absolute Gasteiger partial charge is 0.396 e. The zero-order valence-electron chi connectivity index (χ0n) is 9.32. The summed E-state index contributed by atoms with van der Waals surface area (Å²) < 4.78 is 0. The molecule has 5 nitrogen and oxygen atoms in total. The molecule has 3 N–H and O–H groups in total. The number of nitrogens with zero attached hydrogens (tertiary/aromatic N) is 3. The fourth-order valence-corrected chi connectivity index (χ4v) is 2.10. The fourth-order valence-electron chi connectivity index (χ4n) is 2.10. The van der Waals surface area contributed by atoms with Crippen LogP contribution in [0.25, 0.3) is 0 Å². The molecule has 1 saturated carbocycles. The van der Waals surface area contributed by atoms with E-state index in [0.29, 0.717) is 5.92 Å². The van der Waals surface area contributed by atoms with Gasteiger partial charge in [-0.2, -0.15) is 0 Å². The third-order valence-corrected chi connectivity index (χ3v) is 3.20. The Morgan fingerprint density at radius 3 is 2.75 bits per heavy atom. The Kier molecular flexibility index (Phi) is 2.40. The van der Waals surface area contributed by atoms with Gasteiger partial charge in [0.15, 0.2) is 0 Å². The lowest BCUT2D eigenvalue weighted by Gasteiger charge is -2.27. The van der Waals surface area contributed by atoms with Gasteiger partial charge in [-0.25, -0.2) is 9.97 Å². The second-order valence-corrected chi connectivity index (χ2v) is 4.52. The normalized spacial score (nSPS) is 21.1. The first-order chi connectivity index (χ1) is 7.84. The van der Waals surface area contributed by atoms with E-state index in [1.165, 1.54) is 12.8 Å². The van der Waals surface area contributed by atoms with Crippen molar-refractivity contribution >= 4 is 11.6 Å². The molecular weight excluding hydrogens is 202 g/mol. The number of nitrogens with two attached hydrogens (primary N) is 1. The number of piperazine rings is 1. The van der Waals surface area contributed by atoms with Crippen LogP contribution in [0.4, 0.5) is 11.6 Å². The molecule has 1 saturated heterocycles. The van der Waals surface area contributed by atoms with Crippen LogP contribution in [0.3, 0.4) is 0 Å². The fraction of sp³-hybridized carbons (Fsp3) is 0.636. The third-order valence-electron chi connectivity index (χ3n) is 3.20. The molecule has 2 fully saturated rings. The van der Waals surface area contributed by atoms with Crippen molar-refractivity contribution in [3.63, 3.8) is 0 Å². The monoisotopic (exact) mass is 219 g/mol. The third kappa shape index (κ3) is 1.82. The van der Waals surface area contributed by atoms with Gasteiger partial charge in [-0.1, -0.05) is 0 Å². The highest BCUT2D eigenvalue weighted by Crippen LogP contribution is 2.41. The van der Waals surface area contributed by atoms with Gasteiger partial charge in [0.2, 0.25) is 5.95 Å². The lowest BCUT2D eigenvalue weighted by Crippen LogP contribution is -2.44. The highest BCUT2D eigenvalue weighted by molar-refractivity contribution is 5.48. The molecule has 5 heteroatoms. The number of nitrogens with one attached hydrogen (secondary N) is 1. The topological polar surface area (TPSA) is 67.1 Å². The number of hydrogen-bond donors (Lipinski definition) is 2. The lowest BCUT2D eigenvalue weighted by molar-refractivity contribution is 0.579. The van der Waals surface area contributed by atoms with Gasteiger partial charge in [0.1, 0.15) is 0 Å². The van der Waals surface area contributed by atoms with Gasteiger partial charge in [0, 0.05) is 32.1 Å². The van der Waals surface area contributed by atoms with E-state index in [1.54, 1.807) is 6.20 Å². The van der Waals surface area contributed by atoms with Gasteiger partial charge < -0.3 is 16.0 Å². The van der Waals surface area contributed by atoms with E-state index >= 15 is 0 Å². The van der Waals surface area contributed by atoms with Crippen LogP contribution in [-0.4, -0.2) is 36.1 Å². The average Bonchev–Trinajstić information content (AvgIpc) is 3.15. The van der Waals surface area contributed by atoms with Crippen LogP contribution < -0.4 is 16.0 Å². The predicted molar refractivity (Wildman–Crippen MR) is 63.5 cm³/mol. The second-order valence-electron chi connectivity index (χ2n) is 4.52. The van der Waals surface area contributed by atoms with Crippen molar-refractivity contribution in [2.24, 2.45) is 0 Å². The zero-order valence-corrected chi connectivity index (χ0v) is 9.32. The average molecular weight is 219 g/mol. The van der Waals surface area contributed by atoms with Gasteiger partial charge in [-0.05, 0) is 12.8 Å². The van der Waals surface area contributed by atoms with Crippen LogP contribution in [0.5, 0.6) is 0 Å². The molecule has 16 heavy (non-hydrogen) atoms. The van der Waals surface area contributed by atoms with Crippen LogP contribution in [-0.2, 0) is 0 Å². The molecule has 1 aliphatic carbocycles. The highest BCUT2D eigenvalue weighted by Gasteiger charge is 2.28. The van der Waals surface area contributed by atoms with Gasteiger partial charge >= 0.3 is 0 Å².